The number of nitrogens with two attached hydrogens (primary N) is 1. The summed E-state index contributed by atoms with van der Waals surface area (Å²) in [5.41, 5.74) is 5.23. The second-order valence-corrected chi connectivity index (χ2v) is 4.46. The van der Waals surface area contributed by atoms with Gasteiger partial charge < -0.3 is 26.2 Å². The molecule has 9 nitrogen and oxygen atoms in total. The molecule has 0 aliphatic carbocycles. The summed E-state index contributed by atoms with van der Waals surface area (Å²) in [7, 11) is 0. The third-order valence-electron chi connectivity index (χ3n) is 2.98. The summed E-state index contributed by atoms with van der Waals surface area (Å²) in [5.74, 6) is -3.60. The summed E-state index contributed by atoms with van der Waals surface area (Å²) in [6, 6.07) is -2.25. The Kier molecular flexibility index (Phi) is 5.85. The summed E-state index contributed by atoms with van der Waals surface area (Å²) in [6.45, 7) is -0.0339. The van der Waals surface area contributed by atoms with Crippen LogP contribution in [0.2, 0.25) is 0 Å². The van der Waals surface area contributed by atoms with Crippen LogP contribution >= 0.6 is 0 Å². The first-order valence-corrected chi connectivity index (χ1v) is 6.28. The first kappa shape index (κ1) is 16.6. The molecule has 1 aliphatic heterocycles. The van der Waals surface area contributed by atoms with E-state index in [-0.39, 0.29) is 25.9 Å². The second-order valence-electron chi connectivity index (χ2n) is 4.46. The number of nitrogens with zero attached hydrogens (tertiary/aromatic N) is 1. The van der Waals surface area contributed by atoms with Crippen molar-refractivity contribution in [1.82, 2.24) is 10.2 Å². The summed E-state index contributed by atoms with van der Waals surface area (Å²) >= 11 is 0. The van der Waals surface area contributed by atoms with Crippen LogP contribution in [0, 0.1) is 0 Å². The topological polar surface area (TPSA) is 150 Å². The average Bonchev–Trinajstić information content (AvgIpc) is 2.91. The van der Waals surface area contributed by atoms with Gasteiger partial charge >= 0.3 is 11.9 Å². The molecule has 1 heterocycles. The lowest BCUT2D eigenvalue weighted by Gasteiger charge is -2.24. The number of hydrogen-bond acceptors (Lipinski definition) is 5. The molecule has 9 heteroatoms. The third-order valence-corrected chi connectivity index (χ3v) is 2.98. The summed E-state index contributed by atoms with van der Waals surface area (Å²) in [6.07, 6.45) is 2.45. The predicted molar refractivity (Wildman–Crippen MR) is 70.1 cm³/mol. The van der Waals surface area contributed by atoms with E-state index in [9.17, 15) is 19.2 Å². The number of carboxylic acid groups (broad SMARTS) is 2. The molecule has 0 radical (unpaired) electrons. The lowest BCUT2D eigenvalue weighted by Crippen LogP contribution is -2.52. The van der Waals surface area contributed by atoms with Gasteiger partial charge in [0.15, 0.2) is 0 Å². The Bertz CT molecular complexity index is 476. The SMILES string of the molecule is NCC(=O)N1CC=C[C@H]1C(=O)N[C@@H](CCC(=O)O)C(=O)O. The van der Waals surface area contributed by atoms with E-state index in [2.05, 4.69) is 5.32 Å². The van der Waals surface area contributed by atoms with Gasteiger partial charge in [-0.1, -0.05) is 12.2 Å². The molecule has 0 saturated carbocycles. The van der Waals surface area contributed by atoms with Gasteiger partial charge in [-0.2, -0.15) is 0 Å². The smallest absolute Gasteiger partial charge is 0.326 e. The molecule has 0 aromatic carbocycles. The van der Waals surface area contributed by atoms with Crippen molar-refractivity contribution in [2.75, 3.05) is 13.1 Å². The van der Waals surface area contributed by atoms with Gasteiger partial charge in [-0.3, -0.25) is 14.4 Å². The Morgan fingerprint density at radius 3 is 2.52 bits per heavy atom. The van der Waals surface area contributed by atoms with Crippen LogP contribution in [0.15, 0.2) is 12.2 Å². The fraction of sp³-hybridized carbons (Fsp3) is 0.500. The van der Waals surface area contributed by atoms with Crippen LogP contribution in [0.25, 0.3) is 0 Å². The molecular weight excluding hydrogens is 282 g/mol. The van der Waals surface area contributed by atoms with Gasteiger partial charge in [0, 0.05) is 13.0 Å². The number of rotatable bonds is 7. The van der Waals surface area contributed by atoms with Crippen LogP contribution in [0.4, 0.5) is 0 Å². The van der Waals surface area contributed by atoms with Gasteiger partial charge in [0.1, 0.15) is 12.1 Å². The Morgan fingerprint density at radius 1 is 1.33 bits per heavy atom. The Hall–Kier alpha value is -2.42. The van der Waals surface area contributed by atoms with Crippen molar-refractivity contribution in [3.8, 4) is 0 Å². The Labute approximate surface area is 120 Å². The quantitative estimate of drug-likeness (QED) is 0.403. The molecule has 0 aromatic rings. The molecule has 0 saturated heterocycles. The lowest BCUT2D eigenvalue weighted by molar-refractivity contribution is -0.144. The molecule has 1 aliphatic rings. The van der Waals surface area contributed by atoms with Crippen LogP contribution in [-0.4, -0.2) is 64.0 Å². The number of carboxylic acids is 2. The highest BCUT2D eigenvalue weighted by atomic mass is 16.4. The van der Waals surface area contributed by atoms with Crippen molar-refractivity contribution in [3.05, 3.63) is 12.2 Å². The number of carbonyl (C=O) groups excluding carboxylic acids is 2. The van der Waals surface area contributed by atoms with E-state index in [1.54, 1.807) is 6.08 Å². The minimum Gasteiger partial charge on any atom is -0.481 e. The van der Waals surface area contributed by atoms with Crippen molar-refractivity contribution >= 4 is 23.8 Å². The molecule has 2 amide bonds. The van der Waals surface area contributed by atoms with Crippen molar-refractivity contribution in [1.29, 1.82) is 0 Å². The zero-order chi connectivity index (χ0) is 16.0. The number of hydrogen-bond donors (Lipinski definition) is 4. The average molecular weight is 299 g/mol. The second kappa shape index (κ2) is 7.39. The molecule has 1 rings (SSSR count). The molecule has 0 unspecified atom stereocenters. The fourth-order valence-corrected chi connectivity index (χ4v) is 1.91. The van der Waals surface area contributed by atoms with E-state index >= 15 is 0 Å². The molecule has 5 N–H and O–H groups in total. The van der Waals surface area contributed by atoms with Crippen LogP contribution in [-0.2, 0) is 19.2 Å². The van der Waals surface area contributed by atoms with Crippen molar-refractivity contribution in [3.63, 3.8) is 0 Å². The van der Waals surface area contributed by atoms with Gasteiger partial charge in [-0.05, 0) is 6.42 Å². The minimum atomic E-state index is -1.33. The molecule has 2 atom stereocenters. The zero-order valence-electron chi connectivity index (χ0n) is 11.2. The monoisotopic (exact) mass is 299 g/mol. The van der Waals surface area contributed by atoms with E-state index in [1.165, 1.54) is 11.0 Å². The fourth-order valence-electron chi connectivity index (χ4n) is 1.91. The minimum absolute atomic E-state index is 0.223. The van der Waals surface area contributed by atoms with Gasteiger partial charge in [0.2, 0.25) is 11.8 Å². The van der Waals surface area contributed by atoms with Crippen molar-refractivity contribution in [2.45, 2.75) is 24.9 Å². The standard InChI is InChI=1S/C12H17N3O6/c13-6-9(16)15-5-1-2-8(15)11(19)14-7(12(20)21)3-4-10(17)18/h1-2,7-8H,3-6,13H2,(H,14,19)(H,17,18)(H,20,21)/t7-,8-/m0/s1. The van der Waals surface area contributed by atoms with Crippen molar-refractivity contribution in [2.24, 2.45) is 5.73 Å². The summed E-state index contributed by atoms with van der Waals surface area (Å²) in [5, 5.41) is 19.8. The first-order valence-electron chi connectivity index (χ1n) is 6.28. The molecular formula is C12H17N3O6. The summed E-state index contributed by atoms with van der Waals surface area (Å²) in [4.78, 5) is 46.3. The van der Waals surface area contributed by atoms with Crippen LogP contribution < -0.4 is 11.1 Å². The maximum absolute atomic E-state index is 12.0. The first-order chi connectivity index (χ1) is 9.86. The van der Waals surface area contributed by atoms with E-state index in [0.717, 1.165) is 0 Å². The summed E-state index contributed by atoms with van der Waals surface area (Å²) < 4.78 is 0. The van der Waals surface area contributed by atoms with E-state index < -0.39 is 35.8 Å². The van der Waals surface area contributed by atoms with Crippen LogP contribution in [0.5, 0.6) is 0 Å². The molecule has 116 valence electrons. The lowest BCUT2D eigenvalue weighted by atomic mass is 10.1. The highest BCUT2D eigenvalue weighted by Crippen LogP contribution is 2.11. The third kappa shape index (κ3) is 4.56. The molecule has 0 fully saturated rings. The molecule has 21 heavy (non-hydrogen) atoms. The normalized spacial score (nSPS) is 18.3. The van der Waals surface area contributed by atoms with E-state index in [0.29, 0.717) is 0 Å². The van der Waals surface area contributed by atoms with E-state index in [4.69, 9.17) is 15.9 Å². The highest BCUT2D eigenvalue weighted by Gasteiger charge is 2.32. The highest BCUT2D eigenvalue weighted by molar-refractivity contribution is 5.93. The zero-order valence-corrected chi connectivity index (χ0v) is 11.2. The van der Waals surface area contributed by atoms with Crippen molar-refractivity contribution < 1.29 is 29.4 Å². The van der Waals surface area contributed by atoms with Gasteiger partial charge in [-0.25, -0.2) is 4.79 Å². The molecule has 0 bridgehead atoms. The van der Waals surface area contributed by atoms with Gasteiger partial charge in [0.05, 0.1) is 6.54 Å². The Balaban J connectivity index is 2.68. The maximum atomic E-state index is 12.0. The largest absolute Gasteiger partial charge is 0.481 e. The number of amides is 2. The molecule has 0 spiro atoms. The van der Waals surface area contributed by atoms with Crippen LogP contribution in [0.3, 0.4) is 0 Å². The predicted octanol–water partition coefficient (Wildman–Crippen LogP) is -1.85. The Morgan fingerprint density at radius 2 is 2.00 bits per heavy atom. The molecule has 0 aromatic heterocycles. The number of nitrogens with one attached hydrogen (secondary N) is 1. The van der Waals surface area contributed by atoms with E-state index in [1.807, 2.05) is 0 Å². The van der Waals surface area contributed by atoms with Gasteiger partial charge in [-0.15, -0.1) is 0 Å². The maximum Gasteiger partial charge on any atom is 0.326 e. The van der Waals surface area contributed by atoms with Crippen LogP contribution in [0.1, 0.15) is 12.8 Å². The van der Waals surface area contributed by atoms with Gasteiger partial charge in [0.25, 0.3) is 0 Å². The number of carbonyl (C=O) groups is 4. The number of aliphatic carboxylic acids is 2.